The summed E-state index contributed by atoms with van der Waals surface area (Å²) in [6.45, 7) is 8.09. The third-order valence-electron chi connectivity index (χ3n) is 2.49. The second-order valence-electron chi connectivity index (χ2n) is 4.81. The van der Waals surface area contributed by atoms with Crippen molar-refractivity contribution in [1.82, 2.24) is 5.32 Å². The second kappa shape index (κ2) is 6.38. The summed E-state index contributed by atoms with van der Waals surface area (Å²) in [7, 11) is 0. The van der Waals surface area contributed by atoms with Gasteiger partial charge >= 0.3 is 0 Å². The van der Waals surface area contributed by atoms with E-state index in [0.717, 1.165) is 0 Å². The Morgan fingerprint density at radius 2 is 2.06 bits per heavy atom. The average Bonchev–Trinajstić information content (AvgIpc) is 2.29. The minimum Gasteiger partial charge on any atom is -0.481 e. The topological polar surface area (TPSA) is 38.3 Å². The molecule has 1 N–H and O–H groups in total. The number of benzene rings is 1. The SMILES string of the molecule is Cc1cc(F)ccc1OC(C)C(=O)NCC(C)C. The molecule has 0 saturated carbocycles. The van der Waals surface area contributed by atoms with Crippen LogP contribution in [0.4, 0.5) is 4.39 Å². The Bertz CT molecular complexity index is 418. The Morgan fingerprint density at radius 3 is 2.61 bits per heavy atom. The number of hydrogen-bond acceptors (Lipinski definition) is 2. The van der Waals surface area contributed by atoms with Crippen LogP contribution in [0.5, 0.6) is 5.75 Å². The molecule has 0 aliphatic heterocycles. The van der Waals surface area contributed by atoms with E-state index in [1.807, 2.05) is 13.8 Å². The van der Waals surface area contributed by atoms with Gasteiger partial charge in [-0.05, 0) is 43.5 Å². The standard InChI is InChI=1S/C14H20FNO2/c1-9(2)8-16-14(17)11(4)18-13-6-5-12(15)7-10(13)3/h5-7,9,11H,8H2,1-4H3,(H,16,17). The van der Waals surface area contributed by atoms with Crippen LogP contribution in [-0.4, -0.2) is 18.6 Å². The van der Waals surface area contributed by atoms with Gasteiger partial charge in [0.15, 0.2) is 6.10 Å². The molecule has 1 aromatic carbocycles. The van der Waals surface area contributed by atoms with Gasteiger partial charge in [-0.15, -0.1) is 0 Å². The highest BCUT2D eigenvalue weighted by atomic mass is 19.1. The first-order valence-corrected chi connectivity index (χ1v) is 6.10. The lowest BCUT2D eigenvalue weighted by atomic mass is 10.2. The Balaban J connectivity index is 2.58. The first-order valence-electron chi connectivity index (χ1n) is 6.10. The predicted molar refractivity (Wildman–Crippen MR) is 69.1 cm³/mol. The van der Waals surface area contributed by atoms with Crippen LogP contribution in [0.15, 0.2) is 18.2 Å². The average molecular weight is 253 g/mol. The van der Waals surface area contributed by atoms with Crippen LogP contribution in [0.2, 0.25) is 0 Å². The summed E-state index contributed by atoms with van der Waals surface area (Å²) in [6.07, 6.45) is -0.590. The van der Waals surface area contributed by atoms with Crippen molar-refractivity contribution in [3.63, 3.8) is 0 Å². The van der Waals surface area contributed by atoms with Crippen LogP contribution in [0.1, 0.15) is 26.3 Å². The van der Waals surface area contributed by atoms with E-state index in [0.29, 0.717) is 23.8 Å². The molecule has 0 spiro atoms. The Hall–Kier alpha value is -1.58. The van der Waals surface area contributed by atoms with E-state index < -0.39 is 6.10 Å². The summed E-state index contributed by atoms with van der Waals surface area (Å²) >= 11 is 0. The number of ether oxygens (including phenoxy) is 1. The van der Waals surface area contributed by atoms with Crippen molar-refractivity contribution in [2.75, 3.05) is 6.54 Å². The highest BCUT2D eigenvalue weighted by molar-refractivity contribution is 5.80. The van der Waals surface area contributed by atoms with Gasteiger partial charge in [-0.1, -0.05) is 13.8 Å². The molecule has 0 aliphatic rings. The summed E-state index contributed by atoms with van der Waals surface area (Å²) < 4.78 is 18.4. The van der Waals surface area contributed by atoms with Gasteiger partial charge in [-0.3, -0.25) is 4.79 Å². The Kier molecular flexibility index (Phi) is 5.13. The van der Waals surface area contributed by atoms with Gasteiger partial charge in [0.25, 0.3) is 5.91 Å². The summed E-state index contributed by atoms with van der Waals surface area (Å²) in [4.78, 5) is 11.7. The molecule has 1 atom stereocenters. The summed E-state index contributed by atoms with van der Waals surface area (Å²) in [5.74, 6) is 0.460. The van der Waals surface area contributed by atoms with E-state index in [4.69, 9.17) is 4.74 Å². The lowest BCUT2D eigenvalue weighted by molar-refractivity contribution is -0.127. The predicted octanol–water partition coefficient (Wildman–Crippen LogP) is 2.67. The second-order valence-corrected chi connectivity index (χ2v) is 4.81. The van der Waals surface area contributed by atoms with Crippen LogP contribution in [-0.2, 0) is 4.79 Å². The molecular weight excluding hydrogens is 233 g/mol. The molecule has 0 aliphatic carbocycles. The van der Waals surface area contributed by atoms with Crippen molar-refractivity contribution in [2.24, 2.45) is 5.92 Å². The molecular formula is C14H20FNO2. The molecule has 0 radical (unpaired) electrons. The number of nitrogens with one attached hydrogen (secondary N) is 1. The van der Waals surface area contributed by atoms with Crippen molar-refractivity contribution in [2.45, 2.75) is 33.8 Å². The minimum atomic E-state index is -0.590. The fraction of sp³-hybridized carbons (Fsp3) is 0.500. The number of amides is 1. The van der Waals surface area contributed by atoms with E-state index in [-0.39, 0.29) is 11.7 Å². The smallest absolute Gasteiger partial charge is 0.260 e. The Morgan fingerprint density at radius 1 is 1.39 bits per heavy atom. The molecule has 18 heavy (non-hydrogen) atoms. The molecule has 3 nitrogen and oxygen atoms in total. The lowest BCUT2D eigenvalue weighted by Crippen LogP contribution is -2.38. The molecule has 0 bridgehead atoms. The number of halogens is 1. The summed E-state index contributed by atoms with van der Waals surface area (Å²) in [5, 5.41) is 2.79. The van der Waals surface area contributed by atoms with E-state index in [2.05, 4.69) is 5.32 Å². The highest BCUT2D eigenvalue weighted by Crippen LogP contribution is 2.19. The van der Waals surface area contributed by atoms with Gasteiger partial charge in [-0.2, -0.15) is 0 Å². The van der Waals surface area contributed by atoms with Crippen molar-refractivity contribution < 1.29 is 13.9 Å². The Labute approximate surface area is 107 Å². The molecule has 1 aromatic rings. The van der Waals surface area contributed by atoms with Gasteiger partial charge in [0.05, 0.1) is 0 Å². The molecule has 0 heterocycles. The van der Waals surface area contributed by atoms with Crippen LogP contribution in [0, 0.1) is 18.7 Å². The number of rotatable bonds is 5. The third kappa shape index (κ3) is 4.35. The molecule has 0 aromatic heterocycles. The first kappa shape index (κ1) is 14.5. The molecule has 0 fully saturated rings. The van der Waals surface area contributed by atoms with Crippen molar-refractivity contribution in [3.05, 3.63) is 29.6 Å². The van der Waals surface area contributed by atoms with Gasteiger partial charge in [-0.25, -0.2) is 4.39 Å². The molecule has 1 amide bonds. The van der Waals surface area contributed by atoms with Crippen molar-refractivity contribution in [1.29, 1.82) is 0 Å². The molecule has 4 heteroatoms. The van der Waals surface area contributed by atoms with Gasteiger partial charge < -0.3 is 10.1 Å². The van der Waals surface area contributed by atoms with E-state index >= 15 is 0 Å². The zero-order valence-corrected chi connectivity index (χ0v) is 11.3. The number of carbonyl (C=O) groups is 1. The van der Waals surface area contributed by atoms with Crippen molar-refractivity contribution >= 4 is 5.91 Å². The molecule has 1 unspecified atom stereocenters. The van der Waals surface area contributed by atoms with E-state index in [9.17, 15) is 9.18 Å². The molecule has 0 saturated heterocycles. The van der Waals surface area contributed by atoms with Crippen LogP contribution in [0.25, 0.3) is 0 Å². The first-order chi connectivity index (χ1) is 8.40. The fourth-order valence-electron chi connectivity index (χ4n) is 1.44. The maximum atomic E-state index is 12.9. The van der Waals surface area contributed by atoms with Gasteiger partial charge in [0.2, 0.25) is 0 Å². The van der Waals surface area contributed by atoms with E-state index in [1.54, 1.807) is 13.8 Å². The number of carbonyl (C=O) groups excluding carboxylic acids is 1. The summed E-state index contributed by atoms with van der Waals surface area (Å²) in [6, 6.07) is 4.24. The maximum Gasteiger partial charge on any atom is 0.260 e. The van der Waals surface area contributed by atoms with Crippen LogP contribution in [0.3, 0.4) is 0 Å². The lowest BCUT2D eigenvalue weighted by Gasteiger charge is -2.17. The number of aryl methyl sites for hydroxylation is 1. The quantitative estimate of drug-likeness (QED) is 0.876. The maximum absolute atomic E-state index is 12.9. The van der Waals surface area contributed by atoms with Crippen LogP contribution < -0.4 is 10.1 Å². The highest BCUT2D eigenvalue weighted by Gasteiger charge is 2.15. The zero-order chi connectivity index (χ0) is 13.7. The van der Waals surface area contributed by atoms with Crippen molar-refractivity contribution in [3.8, 4) is 5.75 Å². The zero-order valence-electron chi connectivity index (χ0n) is 11.3. The molecule has 1 rings (SSSR count). The fourth-order valence-corrected chi connectivity index (χ4v) is 1.44. The normalized spacial score (nSPS) is 12.3. The minimum absolute atomic E-state index is 0.160. The van der Waals surface area contributed by atoms with Crippen LogP contribution >= 0.6 is 0 Å². The number of hydrogen-bond donors (Lipinski definition) is 1. The monoisotopic (exact) mass is 253 g/mol. The largest absolute Gasteiger partial charge is 0.481 e. The van der Waals surface area contributed by atoms with E-state index in [1.165, 1.54) is 18.2 Å². The third-order valence-corrected chi connectivity index (χ3v) is 2.49. The van der Waals surface area contributed by atoms with Gasteiger partial charge in [0.1, 0.15) is 11.6 Å². The molecule has 100 valence electrons. The summed E-state index contributed by atoms with van der Waals surface area (Å²) in [5.41, 5.74) is 0.679. The van der Waals surface area contributed by atoms with Gasteiger partial charge in [0, 0.05) is 6.54 Å².